The Morgan fingerprint density at radius 1 is 1.36 bits per heavy atom. The van der Waals surface area contributed by atoms with E-state index in [0.717, 1.165) is 17.7 Å². The first-order valence-electron chi connectivity index (χ1n) is 4.70. The Bertz CT molecular complexity index is 369. The van der Waals surface area contributed by atoms with E-state index in [0.29, 0.717) is 0 Å². The summed E-state index contributed by atoms with van der Waals surface area (Å²) in [7, 11) is 1.79. The van der Waals surface area contributed by atoms with Crippen LogP contribution in [0.1, 0.15) is 17.9 Å². The summed E-state index contributed by atoms with van der Waals surface area (Å²) < 4.78 is 0. The number of hydrogen-bond donors (Lipinski definition) is 0. The number of carbonyl (C=O) groups excluding carboxylic acids is 1. The van der Waals surface area contributed by atoms with Gasteiger partial charge < -0.3 is 4.90 Å². The third-order valence-corrected chi connectivity index (χ3v) is 2.74. The number of allylic oxidation sites excluding steroid dienone is 1. The summed E-state index contributed by atoms with van der Waals surface area (Å²) in [6, 6.07) is 9.87. The maximum atomic E-state index is 11.8. The van der Waals surface area contributed by atoms with Crippen molar-refractivity contribution in [2.45, 2.75) is 12.3 Å². The minimum absolute atomic E-state index is 0.0197. The van der Waals surface area contributed by atoms with Crippen LogP contribution in [0.5, 0.6) is 0 Å². The molecule has 0 aliphatic carbocycles. The molecule has 0 N–H and O–H groups in total. The number of likely N-dealkylation sites (N-methyl/N-ethyl adjacent to an activating group) is 1. The third kappa shape index (κ3) is 1.33. The molecule has 1 atom stereocenters. The van der Waals surface area contributed by atoms with Gasteiger partial charge in [0.15, 0.2) is 0 Å². The zero-order valence-electron chi connectivity index (χ0n) is 8.23. The molecule has 1 aliphatic heterocycles. The van der Waals surface area contributed by atoms with Crippen molar-refractivity contribution in [3.8, 4) is 0 Å². The molecule has 72 valence electrons. The number of benzene rings is 1. The quantitative estimate of drug-likeness (QED) is 0.659. The van der Waals surface area contributed by atoms with E-state index in [1.807, 2.05) is 30.3 Å². The summed E-state index contributed by atoms with van der Waals surface area (Å²) in [6.07, 6.45) is 0.749. The first-order chi connectivity index (χ1) is 6.70. The van der Waals surface area contributed by atoms with Crippen LogP contribution in [0.25, 0.3) is 0 Å². The van der Waals surface area contributed by atoms with Gasteiger partial charge in [-0.2, -0.15) is 0 Å². The van der Waals surface area contributed by atoms with Crippen LogP contribution in [0.4, 0.5) is 0 Å². The van der Waals surface area contributed by atoms with Gasteiger partial charge in [-0.25, -0.2) is 0 Å². The Morgan fingerprint density at radius 2 is 2.00 bits per heavy atom. The first-order valence-corrected chi connectivity index (χ1v) is 4.70. The van der Waals surface area contributed by atoms with E-state index in [2.05, 4.69) is 6.58 Å². The number of amides is 1. The van der Waals surface area contributed by atoms with Crippen LogP contribution in [0.2, 0.25) is 0 Å². The molecule has 14 heavy (non-hydrogen) atoms. The standard InChI is InChI=1S/C12H13NO/c1-9-8-11(12(14)13(9)2)10-6-4-3-5-7-10/h3-7,11H,1,8H2,2H3. The summed E-state index contributed by atoms with van der Waals surface area (Å²) in [4.78, 5) is 13.4. The van der Waals surface area contributed by atoms with E-state index in [1.165, 1.54) is 0 Å². The number of carbonyl (C=O) groups is 1. The molecule has 1 amide bonds. The SMILES string of the molecule is C=C1CC(c2ccccc2)C(=O)N1C. The number of nitrogens with zero attached hydrogens (tertiary/aromatic N) is 1. The highest BCUT2D eigenvalue weighted by atomic mass is 16.2. The zero-order valence-corrected chi connectivity index (χ0v) is 8.23. The van der Waals surface area contributed by atoms with E-state index < -0.39 is 0 Å². The van der Waals surface area contributed by atoms with Crippen molar-refractivity contribution in [3.05, 3.63) is 48.2 Å². The third-order valence-electron chi connectivity index (χ3n) is 2.74. The van der Waals surface area contributed by atoms with Crippen LogP contribution >= 0.6 is 0 Å². The normalized spacial score (nSPS) is 21.8. The fraction of sp³-hybridized carbons (Fsp3) is 0.250. The van der Waals surface area contributed by atoms with E-state index >= 15 is 0 Å². The highest BCUT2D eigenvalue weighted by molar-refractivity contribution is 5.88. The van der Waals surface area contributed by atoms with Gasteiger partial charge in [-0.15, -0.1) is 0 Å². The van der Waals surface area contributed by atoms with Crippen molar-refractivity contribution in [1.82, 2.24) is 4.90 Å². The predicted molar refractivity (Wildman–Crippen MR) is 55.7 cm³/mol. The lowest BCUT2D eigenvalue weighted by Gasteiger charge is -2.10. The summed E-state index contributed by atoms with van der Waals surface area (Å²) in [5, 5.41) is 0. The van der Waals surface area contributed by atoms with Gasteiger partial charge in [0.05, 0.1) is 5.92 Å². The van der Waals surface area contributed by atoms with Crippen LogP contribution in [-0.4, -0.2) is 17.9 Å². The molecule has 0 saturated carbocycles. The fourth-order valence-corrected chi connectivity index (χ4v) is 1.80. The monoisotopic (exact) mass is 187 g/mol. The molecule has 1 aromatic rings. The number of hydrogen-bond acceptors (Lipinski definition) is 1. The van der Waals surface area contributed by atoms with Gasteiger partial charge >= 0.3 is 0 Å². The highest BCUT2D eigenvalue weighted by Crippen LogP contribution is 2.32. The van der Waals surface area contributed by atoms with Gasteiger partial charge in [0.2, 0.25) is 5.91 Å². The summed E-state index contributed by atoms with van der Waals surface area (Å²) >= 11 is 0. The van der Waals surface area contributed by atoms with E-state index in [4.69, 9.17) is 0 Å². The van der Waals surface area contributed by atoms with Crippen molar-refractivity contribution in [3.63, 3.8) is 0 Å². The maximum absolute atomic E-state index is 11.8. The summed E-state index contributed by atoms with van der Waals surface area (Å²) in [6.45, 7) is 3.87. The Labute approximate surface area is 83.8 Å². The molecule has 1 fully saturated rings. The molecular formula is C12H13NO. The molecule has 0 aromatic heterocycles. The van der Waals surface area contributed by atoms with Crippen molar-refractivity contribution in [2.24, 2.45) is 0 Å². The van der Waals surface area contributed by atoms with E-state index in [-0.39, 0.29) is 11.8 Å². The molecule has 1 aromatic carbocycles. The molecule has 2 heteroatoms. The molecule has 2 rings (SSSR count). The smallest absolute Gasteiger partial charge is 0.234 e. The minimum Gasteiger partial charge on any atom is -0.319 e. The fourth-order valence-electron chi connectivity index (χ4n) is 1.80. The molecule has 1 unspecified atom stereocenters. The lowest BCUT2D eigenvalue weighted by atomic mass is 9.97. The zero-order chi connectivity index (χ0) is 10.1. The lowest BCUT2D eigenvalue weighted by molar-refractivity contribution is -0.127. The number of rotatable bonds is 1. The van der Waals surface area contributed by atoms with Crippen molar-refractivity contribution in [2.75, 3.05) is 7.05 Å². The topological polar surface area (TPSA) is 20.3 Å². The van der Waals surface area contributed by atoms with Gasteiger partial charge in [0.25, 0.3) is 0 Å². The Kier molecular flexibility index (Phi) is 2.12. The maximum Gasteiger partial charge on any atom is 0.234 e. The second-order valence-electron chi connectivity index (χ2n) is 3.63. The second kappa shape index (κ2) is 3.29. The largest absolute Gasteiger partial charge is 0.319 e. The highest BCUT2D eigenvalue weighted by Gasteiger charge is 2.32. The Morgan fingerprint density at radius 3 is 2.50 bits per heavy atom. The van der Waals surface area contributed by atoms with Gasteiger partial charge in [-0.1, -0.05) is 36.9 Å². The molecular weight excluding hydrogens is 174 g/mol. The average molecular weight is 187 g/mol. The second-order valence-corrected chi connectivity index (χ2v) is 3.63. The summed E-state index contributed by atoms with van der Waals surface area (Å²) in [5.41, 5.74) is 1.99. The van der Waals surface area contributed by atoms with Gasteiger partial charge in [-0.05, 0) is 5.56 Å². The van der Waals surface area contributed by atoms with E-state index in [1.54, 1.807) is 11.9 Å². The van der Waals surface area contributed by atoms with Crippen LogP contribution in [-0.2, 0) is 4.79 Å². The van der Waals surface area contributed by atoms with Crippen molar-refractivity contribution >= 4 is 5.91 Å². The average Bonchev–Trinajstić information content (AvgIpc) is 2.47. The lowest BCUT2D eigenvalue weighted by Crippen LogP contribution is -2.20. The van der Waals surface area contributed by atoms with Crippen LogP contribution in [0.15, 0.2) is 42.6 Å². The molecule has 0 bridgehead atoms. The van der Waals surface area contributed by atoms with E-state index in [9.17, 15) is 4.79 Å². The van der Waals surface area contributed by atoms with Crippen molar-refractivity contribution in [1.29, 1.82) is 0 Å². The predicted octanol–water partition coefficient (Wildman–Crippen LogP) is 2.15. The van der Waals surface area contributed by atoms with Gasteiger partial charge in [0, 0.05) is 19.2 Å². The molecule has 1 aliphatic rings. The molecule has 0 radical (unpaired) electrons. The van der Waals surface area contributed by atoms with Crippen LogP contribution in [0.3, 0.4) is 0 Å². The molecule has 2 nitrogen and oxygen atoms in total. The van der Waals surface area contributed by atoms with Crippen LogP contribution < -0.4 is 0 Å². The first kappa shape index (κ1) is 9.00. The minimum atomic E-state index is -0.0197. The summed E-state index contributed by atoms with van der Waals surface area (Å²) in [5.74, 6) is 0.134. The molecule has 1 heterocycles. The Balaban J connectivity index is 2.30. The molecule has 1 saturated heterocycles. The molecule has 0 spiro atoms. The van der Waals surface area contributed by atoms with Crippen molar-refractivity contribution < 1.29 is 4.79 Å². The number of likely N-dealkylation sites (tertiary alicyclic amines) is 1. The Hall–Kier alpha value is -1.57. The van der Waals surface area contributed by atoms with Gasteiger partial charge in [-0.3, -0.25) is 4.79 Å². The van der Waals surface area contributed by atoms with Crippen LogP contribution in [0, 0.1) is 0 Å². The van der Waals surface area contributed by atoms with Gasteiger partial charge in [0.1, 0.15) is 0 Å².